The van der Waals surface area contributed by atoms with Gasteiger partial charge in [0.05, 0.1) is 6.10 Å². The number of carbonyl (C=O) groups is 1. The van der Waals surface area contributed by atoms with E-state index in [1.54, 1.807) is 12.1 Å². The van der Waals surface area contributed by atoms with Gasteiger partial charge in [-0.15, -0.1) is 0 Å². The standard InChI is InChI=1S/C13H14ClNO2/c14-12-4-2-1-3-9(12)5-6-13(17)15-10-7-11(16)8-10/h1-6,10-11,16H,7-8H2,(H,15,17). The fraction of sp³-hybridized carbons (Fsp3) is 0.308. The van der Waals surface area contributed by atoms with Crippen LogP contribution in [-0.4, -0.2) is 23.2 Å². The van der Waals surface area contributed by atoms with Crippen molar-refractivity contribution in [2.75, 3.05) is 0 Å². The van der Waals surface area contributed by atoms with E-state index in [-0.39, 0.29) is 18.1 Å². The van der Waals surface area contributed by atoms with Crippen LogP contribution >= 0.6 is 11.6 Å². The summed E-state index contributed by atoms with van der Waals surface area (Å²) < 4.78 is 0. The van der Waals surface area contributed by atoms with Crippen LogP contribution in [0.25, 0.3) is 6.08 Å². The SMILES string of the molecule is O=C(C=Cc1ccccc1Cl)NC1CC(O)C1. The number of rotatable bonds is 3. The van der Waals surface area contributed by atoms with Gasteiger partial charge in [0, 0.05) is 17.1 Å². The third-order valence-electron chi connectivity index (χ3n) is 2.78. The van der Waals surface area contributed by atoms with E-state index in [4.69, 9.17) is 16.7 Å². The summed E-state index contributed by atoms with van der Waals surface area (Å²) in [4.78, 5) is 11.5. The predicted octanol–water partition coefficient (Wildman–Crippen LogP) is 1.99. The normalized spacial score (nSPS) is 23.4. The first kappa shape index (κ1) is 12.1. The fourth-order valence-corrected chi connectivity index (χ4v) is 1.93. The summed E-state index contributed by atoms with van der Waals surface area (Å²) in [6.45, 7) is 0. The van der Waals surface area contributed by atoms with Gasteiger partial charge in [0.25, 0.3) is 0 Å². The third-order valence-corrected chi connectivity index (χ3v) is 3.12. The maximum absolute atomic E-state index is 11.5. The fourth-order valence-electron chi connectivity index (χ4n) is 1.73. The Morgan fingerprint density at radius 1 is 1.41 bits per heavy atom. The molecule has 1 fully saturated rings. The highest BCUT2D eigenvalue weighted by Crippen LogP contribution is 2.19. The highest BCUT2D eigenvalue weighted by Gasteiger charge is 2.27. The molecule has 0 bridgehead atoms. The maximum atomic E-state index is 11.5. The number of hydrogen-bond acceptors (Lipinski definition) is 2. The number of halogens is 1. The number of amides is 1. The van der Waals surface area contributed by atoms with E-state index in [0.717, 1.165) is 5.56 Å². The number of hydrogen-bond donors (Lipinski definition) is 2. The lowest BCUT2D eigenvalue weighted by Crippen LogP contribution is -2.46. The summed E-state index contributed by atoms with van der Waals surface area (Å²) in [6.07, 6.45) is 4.18. The summed E-state index contributed by atoms with van der Waals surface area (Å²) in [7, 11) is 0. The molecule has 1 saturated carbocycles. The lowest BCUT2D eigenvalue weighted by molar-refractivity contribution is -0.118. The molecule has 0 atom stereocenters. The number of carbonyl (C=O) groups excluding carboxylic acids is 1. The molecule has 0 radical (unpaired) electrons. The third kappa shape index (κ3) is 3.32. The van der Waals surface area contributed by atoms with Crippen molar-refractivity contribution in [1.29, 1.82) is 0 Å². The Morgan fingerprint density at radius 2 is 2.12 bits per heavy atom. The van der Waals surface area contributed by atoms with E-state index in [1.165, 1.54) is 6.08 Å². The molecule has 1 aromatic rings. The second-order valence-corrected chi connectivity index (χ2v) is 4.59. The summed E-state index contributed by atoms with van der Waals surface area (Å²) in [5, 5.41) is 12.5. The van der Waals surface area contributed by atoms with E-state index in [2.05, 4.69) is 5.32 Å². The zero-order valence-electron chi connectivity index (χ0n) is 9.27. The van der Waals surface area contributed by atoms with Crippen molar-refractivity contribution in [3.8, 4) is 0 Å². The van der Waals surface area contributed by atoms with E-state index in [0.29, 0.717) is 17.9 Å². The Labute approximate surface area is 105 Å². The molecule has 0 unspecified atom stereocenters. The molecule has 4 heteroatoms. The second-order valence-electron chi connectivity index (χ2n) is 4.19. The monoisotopic (exact) mass is 251 g/mol. The first-order chi connectivity index (χ1) is 8.15. The minimum absolute atomic E-state index is 0.105. The summed E-state index contributed by atoms with van der Waals surface area (Å²) in [5.74, 6) is -0.151. The van der Waals surface area contributed by atoms with Gasteiger partial charge in [-0.1, -0.05) is 29.8 Å². The minimum atomic E-state index is -0.257. The van der Waals surface area contributed by atoms with Gasteiger partial charge in [0.15, 0.2) is 0 Å². The van der Waals surface area contributed by atoms with Crippen molar-refractivity contribution in [2.45, 2.75) is 25.0 Å². The van der Waals surface area contributed by atoms with Crippen molar-refractivity contribution < 1.29 is 9.90 Å². The van der Waals surface area contributed by atoms with E-state index in [1.807, 2.05) is 18.2 Å². The molecule has 0 heterocycles. The quantitative estimate of drug-likeness (QED) is 0.808. The van der Waals surface area contributed by atoms with Gasteiger partial charge in [0.1, 0.15) is 0 Å². The molecular formula is C13H14ClNO2. The van der Waals surface area contributed by atoms with Crippen molar-refractivity contribution in [1.82, 2.24) is 5.32 Å². The van der Waals surface area contributed by atoms with Crippen LogP contribution in [0.5, 0.6) is 0 Å². The van der Waals surface area contributed by atoms with Crippen LogP contribution in [0.2, 0.25) is 5.02 Å². The molecule has 0 saturated heterocycles. The Morgan fingerprint density at radius 3 is 2.76 bits per heavy atom. The van der Waals surface area contributed by atoms with Gasteiger partial charge >= 0.3 is 0 Å². The smallest absolute Gasteiger partial charge is 0.244 e. The van der Waals surface area contributed by atoms with Crippen LogP contribution in [-0.2, 0) is 4.79 Å². The maximum Gasteiger partial charge on any atom is 0.244 e. The second kappa shape index (κ2) is 5.34. The molecule has 1 aromatic carbocycles. The van der Waals surface area contributed by atoms with Gasteiger partial charge < -0.3 is 10.4 Å². The van der Waals surface area contributed by atoms with E-state index in [9.17, 15) is 4.79 Å². The van der Waals surface area contributed by atoms with E-state index >= 15 is 0 Å². The number of aliphatic hydroxyl groups is 1. The lowest BCUT2D eigenvalue weighted by atomic mass is 9.89. The molecule has 2 rings (SSSR count). The van der Waals surface area contributed by atoms with Crippen molar-refractivity contribution in [3.05, 3.63) is 40.9 Å². The van der Waals surface area contributed by atoms with Gasteiger partial charge in [-0.2, -0.15) is 0 Å². The molecule has 2 N–H and O–H groups in total. The number of aliphatic hydroxyl groups excluding tert-OH is 1. The molecule has 3 nitrogen and oxygen atoms in total. The van der Waals surface area contributed by atoms with Gasteiger partial charge in [-0.05, 0) is 30.5 Å². The average molecular weight is 252 g/mol. The largest absolute Gasteiger partial charge is 0.393 e. The van der Waals surface area contributed by atoms with Gasteiger partial charge in [-0.3, -0.25) is 4.79 Å². The Kier molecular flexibility index (Phi) is 3.82. The molecular weight excluding hydrogens is 238 g/mol. The van der Waals surface area contributed by atoms with Crippen molar-refractivity contribution in [2.24, 2.45) is 0 Å². The van der Waals surface area contributed by atoms with E-state index < -0.39 is 0 Å². The Bertz CT molecular complexity index is 439. The molecule has 1 aliphatic carbocycles. The number of benzene rings is 1. The highest BCUT2D eigenvalue weighted by atomic mass is 35.5. The molecule has 0 aromatic heterocycles. The predicted molar refractivity (Wildman–Crippen MR) is 67.7 cm³/mol. The number of nitrogens with one attached hydrogen (secondary N) is 1. The summed E-state index contributed by atoms with van der Waals surface area (Å²) >= 11 is 5.95. The van der Waals surface area contributed by atoms with Crippen LogP contribution in [0.4, 0.5) is 0 Å². The van der Waals surface area contributed by atoms with Crippen molar-refractivity contribution in [3.63, 3.8) is 0 Å². The van der Waals surface area contributed by atoms with Gasteiger partial charge in [0.2, 0.25) is 5.91 Å². The molecule has 0 spiro atoms. The zero-order valence-corrected chi connectivity index (χ0v) is 10.0. The molecule has 1 amide bonds. The lowest BCUT2D eigenvalue weighted by Gasteiger charge is -2.31. The summed E-state index contributed by atoms with van der Waals surface area (Å²) in [6, 6.07) is 7.44. The minimum Gasteiger partial charge on any atom is -0.393 e. The molecule has 1 aliphatic rings. The van der Waals surface area contributed by atoms with Crippen LogP contribution < -0.4 is 5.32 Å². The van der Waals surface area contributed by atoms with Crippen LogP contribution in [0, 0.1) is 0 Å². The molecule has 90 valence electrons. The molecule has 17 heavy (non-hydrogen) atoms. The van der Waals surface area contributed by atoms with Crippen LogP contribution in [0.1, 0.15) is 18.4 Å². The first-order valence-electron chi connectivity index (χ1n) is 5.56. The average Bonchev–Trinajstić information content (AvgIpc) is 2.26. The Hall–Kier alpha value is -1.32. The van der Waals surface area contributed by atoms with Crippen molar-refractivity contribution >= 4 is 23.6 Å². The summed E-state index contributed by atoms with van der Waals surface area (Å²) in [5.41, 5.74) is 0.818. The Balaban J connectivity index is 1.88. The highest BCUT2D eigenvalue weighted by molar-refractivity contribution is 6.32. The van der Waals surface area contributed by atoms with Crippen LogP contribution in [0.3, 0.4) is 0 Å². The molecule has 0 aliphatic heterocycles. The topological polar surface area (TPSA) is 49.3 Å². The van der Waals surface area contributed by atoms with Gasteiger partial charge in [-0.25, -0.2) is 0 Å². The van der Waals surface area contributed by atoms with Crippen LogP contribution in [0.15, 0.2) is 30.3 Å². The zero-order chi connectivity index (χ0) is 12.3. The first-order valence-corrected chi connectivity index (χ1v) is 5.94.